The highest BCUT2D eigenvalue weighted by molar-refractivity contribution is 6.34. The molecule has 0 radical (unpaired) electrons. The fourth-order valence-electron chi connectivity index (χ4n) is 7.20. The van der Waals surface area contributed by atoms with Crippen LogP contribution in [0.1, 0.15) is 12.8 Å². The molecule has 2 fully saturated rings. The topological polar surface area (TPSA) is 182 Å². The summed E-state index contributed by atoms with van der Waals surface area (Å²) in [7, 11) is 12.0. The minimum absolute atomic E-state index is 0.0119. The number of carbonyl (C=O) groups excluding carboxylic acids is 2. The van der Waals surface area contributed by atoms with Crippen LogP contribution in [0.3, 0.4) is 0 Å². The van der Waals surface area contributed by atoms with Gasteiger partial charge in [-0.1, -0.05) is 34.8 Å². The number of ether oxygens (including phenoxy) is 4. The summed E-state index contributed by atoms with van der Waals surface area (Å²) in [5.41, 5.74) is 7.66. The predicted octanol–water partition coefficient (Wildman–Crippen LogP) is 7.26. The molecule has 21 heteroatoms. The zero-order valence-electron chi connectivity index (χ0n) is 37.1. The van der Waals surface area contributed by atoms with Gasteiger partial charge in [0.1, 0.15) is 47.5 Å². The van der Waals surface area contributed by atoms with Crippen molar-refractivity contribution in [2.75, 3.05) is 73.6 Å². The van der Waals surface area contributed by atoms with Crippen molar-refractivity contribution in [3.63, 3.8) is 0 Å². The smallest absolute Gasteiger partial charge is 0.239 e. The Morgan fingerprint density at radius 3 is 1.91 bits per heavy atom. The lowest BCUT2D eigenvalue weighted by Gasteiger charge is -2.21. The number of carbonyl (C=O) groups is 2. The van der Waals surface area contributed by atoms with Gasteiger partial charge in [0.05, 0.1) is 47.4 Å². The number of likely N-dealkylation sites (tertiary alicyclic amines) is 1. The summed E-state index contributed by atoms with van der Waals surface area (Å²) in [6.45, 7) is 1.21. The van der Waals surface area contributed by atoms with Gasteiger partial charge in [-0.3, -0.25) is 14.5 Å². The third-order valence-electron chi connectivity index (χ3n) is 10.6. The first kappa shape index (κ1) is 49.4. The van der Waals surface area contributed by atoms with Crippen LogP contribution in [-0.2, 0) is 9.59 Å². The van der Waals surface area contributed by atoms with E-state index >= 15 is 0 Å². The summed E-state index contributed by atoms with van der Waals surface area (Å²) in [6, 6.07) is 15.1. The highest BCUT2D eigenvalue weighted by Gasteiger charge is 2.37. The molecule has 0 saturated carbocycles. The molecule has 0 bridgehead atoms. The van der Waals surface area contributed by atoms with E-state index in [1.54, 1.807) is 82.5 Å². The minimum Gasteiger partial charge on any atom is -0.493 e. The first-order valence-electron chi connectivity index (χ1n) is 20.4. The van der Waals surface area contributed by atoms with Crippen molar-refractivity contribution < 1.29 is 37.3 Å². The van der Waals surface area contributed by atoms with Crippen LogP contribution < -0.4 is 35.3 Å². The number of amides is 2. The van der Waals surface area contributed by atoms with Crippen LogP contribution in [0.5, 0.6) is 23.0 Å². The number of fused-ring (bicyclic) bond motifs is 2. The van der Waals surface area contributed by atoms with E-state index in [0.717, 1.165) is 0 Å². The number of likely N-dealkylation sites (N-methyl/N-ethyl adjacent to an activating group) is 3. The molecule has 2 aliphatic rings. The molecule has 6 aromatic rings. The number of nitrogen functional groups attached to an aromatic ring is 1. The number of nitrogens with zero attached hydrogens (tertiary/aromatic N) is 7. The van der Waals surface area contributed by atoms with E-state index in [9.17, 15) is 18.4 Å². The van der Waals surface area contributed by atoms with Gasteiger partial charge in [0.25, 0.3) is 0 Å². The number of anilines is 3. The first-order valence-corrected chi connectivity index (χ1v) is 21.5. The number of hydrogen-bond donors (Lipinski definition) is 3. The van der Waals surface area contributed by atoms with Crippen molar-refractivity contribution in [2.45, 2.75) is 37.1 Å². The Labute approximate surface area is 395 Å². The molecule has 0 aliphatic carbocycles. The lowest BCUT2D eigenvalue weighted by Crippen LogP contribution is -2.40. The van der Waals surface area contributed by atoms with E-state index in [0.29, 0.717) is 93.1 Å². The fourth-order valence-corrected chi connectivity index (χ4v) is 7.76. The zero-order valence-corrected chi connectivity index (χ0v) is 39.4. The van der Waals surface area contributed by atoms with Crippen LogP contribution in [0.15, 0.2) is 73.3 Å². The monoisotopic (exact) mass is 968 g/mol. The third-order valence-corrected chi connectivity index (χ3v) is 11.5. The van der Waals surface area contributed by atoms with Gasteiger partial charge in [-0.05, 0) is 55.6 Å². The molecule has 4 aromatic carbocycles. The van der Waals surface area contributed by atoms with Crippen molar-refractivity contribution >= 4 is 85.6 Å². The Hall–Kier alpha value is -6.05. The lowest BCUT2D eigenvalue weighted by atomic mass is 10.1. The van der Waals surface area contributed by atoms with Gasteiger partial charge in [-0.25, -0.2) is 28.7 Å². The fraction of sp³-hybridized carbons (Fsp3) is 0.333. The number of hydrogen-bond acceptors (Lipinski definition) is 14. The molecule has 4 atom stereocenters. The van der Waals surface area contributed by atoms with Crippen molar-refractivity contribution in [1.29, 1.82) is 0 Å². The molecule has 2 aliphatic heterocycles. The Bertz CT molecular complexity index is 2700. The van der Waals surface area contributed by atoms with Gasteiger partial charge in [-0.2, -0.15) is 0 Å². The summed E-state index contributed by atoms with van der Waals surface area (Å²) in [6.07, 6.45) is 3.73. The van der Waals surface area contributed by atoms with Crippen LogP contribution in [0.25, 0.3) is 21.8 Å². The van der Waals surface area contributed by atoms with E-state index in [1.165, 1.54) is 43.0 Å². The molecule has 16 nitrogen and oxygen atoms in total. The molecule has 8 rings (SSSR count). The van der Waals surface area contributed by atoms with Gasteiger partial charge < -0.3 is 45.1 Å². The average Bonchev–Trinajstić information content (AvgIpc) is 3.91. The second kappa shape index (κ2) is 22.0. The van der Waals surface area contributed by atoms with Gasteiger partial charge in [-0.15, -0.1) is 0 Å². The Balaban J connectivity index is 0.000000187. The SMILES string of the molecule is COc1cc2c(Cl)ncnc2cc1O[C@H]1C[C@@H](C(=O)N(C)C)N(C)C1.COc1cc2c(Nc3ccc(F)c(Cl)c3)ncnc2cc1O[C@@H]1CN[C@H](C(=O)N(C)C)C1.Nc1ccc(F)c(Cl)c1. The van der Waals surface area contributed by atoms with E-state index in [2.05, 4.69) is 30.6 Å². The number of methoxy groups -OCH3 is 2. The summed E-state index contributed by atoms with van der Waals surface area (Å²) in [5, 5.41) is 8.18. The number of aromatic nitrogens is 4. The van der Waals surface area contributed by atoms with Gasteiger partial charge in [0.15, 0.2) is 23.0 Å². The number of rotatable bonds is 10. The molecule has 2 saturated heterocycles. The zero-order chi connectivity index (χ0) is 47.8. The lowest BCUT2D eigenvalue weighted by molar-refractivity contribution is -0.133. The average molecular weight is 970 g/mol. The molecule has 4 heterocycles. The predicted molar refractivity (Wildman–Crippen MR) is 251 cm³/mol. The minimum atomic E-state index is -0.496. The van der Waals surface area contributed by atoms with Crippen LogP contribution in [-0.4, -0.2) is 133 Å². The summed E-state index contributed by atoms with van der Waals surface area (Å²) < 4.78 is 49.0. The van der Waals surface area contributed by atoms with E-state index in [4.69, 9.17) is 59.5 Å². The second-order valence-corrected chi connectivity index (χ2v) is 16.9. The molecular weight excluding hydrogens is 921 g/mol. The normalized spacial score (nSPS) is 17.8. The van der Waals surface area contributed by atoms with Crippen molar-refractivity contribution in [3.05, 3.63) is 100 Å². The number of halogens is 5. The Morgan fingerprint density at radius 2 is 1.32 bits per heavy atom. The number of nitrogens with two attached hydrogens (primary N) is 1. The Kier molecular flexibility index (Phi) is 16.4. The molecule has 350 valence electrons. The molecule has 0 unspecified atom stereocenters. The largest absolute Gasteiger partial charge is 0.493 e. The van der Waals surface area contributed by atoms with Gasteiger partial charge in [0.2, 0.25) is 11.8 Å². The van der Waals surface area contributed by atoms with Gasteiger partial charge >= 0.3 is 0 Å². The molecule has 0 spiro atoms. The highest BCUT2D eigenvalue weighted by atomic mass is 35.5. The summed E-state index contributed by atoms with van der Waals surface area (Å²) in [5.74, 6) is 1.87. The molecule has 2 aromatic heterocycles. The van der Waals surface area contributed by atoms with Gasteiger partial charge in [0, 0.05) is 88.4 Å². The highest BCUT2D eigenvalue weighted by Crippen LogP contribution is 2.38. The van der Waals surface area contributed by atoms with Crippen LogP contribution in [0.4, 0.5) is 26.0 Å². The van der Waals surface area contributed by atoms with Crippen LogP contribution in [0.2, 0.25) is 15.2 Å². The maximum Gasteiger partial charge on any atom is 0.239 e. The molecule has 66 heavy (non-hydrogen) atoms. The number of benzene rings is 4. The maximum absolute atomic E-state index is 13.5. The van der Waals surface area contributed by atoms with Crippen LogP contribution >= 0.6 is 34.8 Å². The standard InChI is InChI=1S/C22H23ClFN5O3.C17H21ClN4O3.C6H5ClFN/c1-29(2)22(30)18-7-13(10-25-18)32-20-9-17-14(8-19(20)31-3)21(27-11-26-17)28-12-4-5-16(24)15(23)6-12;1-21(2)17(23)13-5-10(8-22(13)3)25-15-7-12-11(6-14(15)24-4)16(18)20-9-19-12;7-5-3-4(9)1-2-6(5)8/h4-6,8-9,11,13,18,25H,7,10H2,1-3H3,(H,26,27,28);6-7,9-10,13H,5,8H2,1-4H3;1-3H,9H2/t13-,18-;10-,13-;/m00./s1. The maximum atomic E-state index is 13.5. The van der Waals surface area contributed by atoms with Crippen molar-refractivity contribution in [2.24, 2.45) is 0 Å². The second-order valence-electron chi connectivity index (χ2n) is 15.7. The molecular formula is C45H49Cl3F2N10O6. The first-order chi connectivity index (χ1) is 31.5. The quantitative estimate of drug-likeness (QED) is 0.0921. The summed E-state index contributed by atoms with van der Waals surface area (Å²) in [4.78, 5) is 46.5. The molecule has 4 N–H and O–H groups in total. The van der Waals surface area contributed by atoms with E-state index in [1.807, 2.05) is 11.9 Å². The summed E-state index contributed by atoms with van der Waals surface area (Å²) >= 11 is 17.4. The molecule has 2 amide bonds. The van der Waals surface area contributed by atoms with Crippen LogP contribution in [0, 0.1) is 11.6 Å². The number of nitrogens with one attached hydrogen (secondary N) is 2. The van der Waals surface area contributed by atoms with Crippen molar-refractivity contribution in [3.8, 4) is 23.0 Å². The van der Waals surface area contributed by atoms with Crippen molar-refractivity contribution in [1.82, 2.24) is 40.0 Å². The Morgan fingerprint density at radius 1 is 0.742 bits per heavy atom. The third kappa shape index (κ3) is 12.0. The van der Waals surface area contributed by atoms with E-state index < -0.39 is 11.6 Å². The van der Waals surface area contributed by atoms with E-state index in [-0.39, 0.29) is 46.2 Å².